The summed E-state index contributed by atoms with van der Waals surface area (Å²) in [5.74, 6) is -0.706. The highest BCUT2D eigenvalue weighted by Gasteiger charge is 2.31. The summed E-state index contributed by atoms with van der Waals surface area (Å²) in [6, 6.07) is 5.27. The molecule has 1 amide bonds. The van der Waals surface area contributed by atoms with E-state index in [9.17, 15) is 18.0 Å². The molecule has 0 aliphatic carbocycles. The van der Waals surface area contributed by atoms with Crippen LogP contribution in [-0.4, -0.2) is 61.2 Å². The van der Waals surface area contributed by atoms with E-state index in [0.29, 0.717) is 26.2 Å². The molecule has 9 nitrogen and oxygen atoms in total. The highest BCUT2D eigenvalue weighted by atomic mass is 19.4. The van der Waals surface area contributed by atoms with Gasteiger partial charge in [-0.15, -0.1) is 0 Å². The number of anilines is 2. The van der Waals surface area contributed by atoms with Crippen molar-refractivity contribution in [2.45, 2.75) is 18.6 Å². The number of nitrogens with zero attached hydrogens (tertiary/aromatic N) is 4. The van der Waals surface area contributed by atoms with E-state index >= 15 is 4.39 Å². The molecule has 1 atom stereocenters. The fourth-order valence-corrected chi connectivity index (χ4v) is 4.22. The number of alkyl halides is 3. The molecule has 0 unspecified atom stereocenters. The number of halogens is 4. The number of hydrogen-bond donors (Lipinski definition) is 2. The monoisotopic (exact) mass is 522 g/mol. The van der Waals surface area contributed by atoms with Crippen molar-refractivity contribution in [3.63, 3.8) is 0 Å². The molecule has 3 aromatic rings. The molecule has 0 saturated carbocycles. The van der Waals surface area contributed by atoms with Gasteiger partial charge in [-0.05, 0) is 23.8 Å². The molecule has 1 fully saturated rings. The summed E-state index contributed by atoms with van der Waals surface area (Å²) in [5, 5.41) is 0.274. The number of hydrogen-bond acceptors (Lipinski definition) is 8. The van der Waals surface area contributed by atoms with E-state index in [1.54, 1.807) is 9.80 Å². The standard InChI is InChI=1S/C24H26F4N6O3/c1-36-17-11-15-20(19(25)21(17)37-2)31-23(32-22(15)30)34-8-6-33(7-9-34)18(35)12-16(29)13-4-3-5-14(10-13)24(26,27)28/h3-5,10-11,16H,6-9,12,29H2,1-2H3,(H2,30,31,32)/t16-/m1/s1. The van der Waals surface area contributed by atoms with Crippen LogP contribution in [0.1, 0.15) is 23.6 Å². The first kappa shape index (κ1) is 26.2. The number of rotatable bonds is 6. The van der Waals surface area contributed by atoms with Crippen LogP contribution < -0.4 is 25.8 Å². The van der Waals surface area contributed by atoms with Gasteiger partial charge in [-0.1, -0.05) is 12.1 Å². The largest absolute Gasteiger partial charge is 0.493 e. The van der Waals surface area contributed by atoms with Crippen molar-refractivity contribution in [2.75, 3.05) is 51.0 Å². The molecule has 0 spiro atoms. The van der Waals surface area contributed by atoms with Gasteiger partial charge < -0.3 is 30.7 Å². The fraction of sp³-hybridized carbons (Fsp3) is 0.375. The Morgan fingerprint density at radius 2 is 1.81 bits per heavy atom. The summed E-state index contributed by atoms with van der Waals surface area (Å²) in [4.78, 5) is 24.8. The van der Waals surface area contributed by atoms with E-state index in [4.69, 9.17) is 20.9 Å². The minimum atomic E-state index is -4.50. The molecule has 37 heavy (non-hydrogen) atoms. The third-order valence-electron chi connectivity index (χ3n) is 6.25. The van der Waals surface area contributed by atoms with E-state index in [-0.39, 0.29) is 52.1 Å². The number of methoxy groups -OCH3 is 2. The van der Waals surface area contributed by atoms with Crippen molar-refractivity contribution < 1.29 is 31.8 Å². The number of fused-ring (bicyclic) bond motifs is 1. The van der Waals surface area contributed by atoms with Crippen LogP contribution in [0.3, 0.4) is 0 Å². The molecular weight excluding hydrogens is 496 g/mol. The van der Waals surface area contributed by atoms with Crippen molar-refractivity contribution in [1.29, 1.82) is 0 Å². The second kappa shape index (κ2) is 10.2. The number of carbonyl (C=O) groups is 1. The maximum absolute atomic E-state index is 15.1. The molecule has 4 rings (SSSR count). The second-order valence-electron chi connectivity index (χ2n) is 8.53. The zero-order chi connectivity index (χ0) is 26.9. The third-order valence-corrected chi connectivity index (χ3v) is 6.25. The third kappa shape index (κ3) is 5.31. The van der Waals surface area contributed by atoms with E-state index < -0.39 is 23.6 Å². The zero-order valence-corrected chi connectivity index (χ0v) is 20.2. The molecule has 0 radical (unpaired) electrons. The minimum absolute atomic E-state index is 0.0225. The van der Waals surface area contributed by atoms with Gasteiger partial charge in [-0.2, -0.15) is 18.2 Å². The molecule has 198 valence electrons. The number of amides is 1. The number of carbonyl (C=O) groups excluding carboxylic acids is 1. The molecular formula is C24H26F4N6O3. The number of aromatic nitrogens is 2. The van der Waals surface area contributed by atoms with Crippen LogP contribution in [0.15, 0.2) is 30.3 Å². The smallest absolute Gasteiger partial charge is 0.416 e. The summed E-state index contributed by atoms with van der Waals surface area (Å²) in [6.07, 6.45) is -4.64. The lowest BCUT2D eigenvalue weighted by Crippen LogP contribution is -2.49. The number of nitrogens with two attached hydrogens (primary N) is 2. The van der Waals surface area contributed by atoms with Gasteiger partial charge in [0, 0.05) is 44.0 Å². The molecule has 2 aromatic carbocycles. The quantitative estimate of drug-likeness (QED) is 0.474. The van der Waals surface area contributed by atoms with Gasteiger partial charge in [0.1, 0.15) is 11.3 Å². The van der Waals surface area contributed by atoms with E-state index in [1.807, 2.05) is 0 Å². The lowest BCUT2D eigenvalue weighted by atomic mass is 10.0. The lowest BCUT2D eigenvalue weighted by Gasteiger charge is -2.35. The fourth-order valence-electron chi connectivity index (χ4n) is 4.22. The first-order chi connectivity index (χ1) is 17.5. The van der Waals surface area contributed by atoms with Gasteiger partial charge >= 0.3 is 6.18 Å². The second-order valence-corrected chi connectivity index (χ2v) is 8.53. The Bertz CT molecular complexity index is 1310. The molecule has 1 aliphatic heterocycles. The van der Waals surface area contributed by atoms with E-state index in [1.165, 1.54) is 32.4 Å². The molecule has 2 heterocycles. The van der Waals surface area contributed by atoms with E-state index in [0.717, 1.165) is 12.1 Å². The normalized spacial score (nSPS) is 15.1. The number of benzene rings is 2. The van der Waals surface area contributed by atoms with Gasteiger partial charge in [0.25, 0.3) is 0 Å². The SMILES string of the molecule is COc1cc2c(N)nc(N3CCN(C(=O)C[C@@H](N)c4cccc(C(F)(F)F)c4)CC3)nc2c(F)c1OC. The van der Waals surface area contributed by atoms with Crippen LogP contribution >= 0.6 is 0 Å². The molecule has 0 bridgehead atoms. The van der Waals surface area contributed by atoms with E-state index in [2.05, 4.69) is 9.97 Å². The van der Waals surface area contributed by atoms with Crippen LogP contribution in [0.25, 0.3) is 10.9 Å². The Labute approximate surface area is 210 Å². The summed E-state index contributed by atoms with van der Waals surface area (Å²) in [7, 11) is 2.69. The maximum atomic E-state index is 15.1. The highest BCUT2D eigenvalue weighted by molar-refractivity contribution is 5.92. The molecule has 1 saturated heterocycles. The molecule has 1 aliphatic rings. The van der Waals surface area contributed by atoms with Crippen LogP contribution in [-0.2, 0) is 11.0 Å². The minimum Gasteiger partial charge on any atom is -0.493 e. The predicted octanol–water partition coefficient (Wildman–Crippen LogP) is 3.13. The predicted molar refractivity (Wildman–Crippen MR) is 129 cm³/mol. The zero-order valence-electron chi connectivity index (χ0n) is 20.2. The Morgan fingerprint density at radius 1 is 1.11 bits per heavy atom. The van der Waals surface area contributed by atoms with Crippen LogP contribution in [0.2, 0.25) is 0 Å². The maximum Gasteiger partial charge on any atom is 0.416 e. The number of piperazine rings is 1. The van der Waals surface area contributed by atoms with Gasteiger partial charge in [0.05, 0.1) is 19.8 Å². The summed E-state index contributed by atoms with van der Waals surface area (Å²) >= 11 is 0. The van der Waals surface area contributed by atoms with Crippen molar-refractivity contribution >= 4 is 28.6 Å². The van der Waals surface area contributed by atoms with Gasteiger partial charge in [-0.25, -0.2) is 9.37 Å². The van der Waals surface area contributed by atoms with Gasteiger partial charge in [0.15, 0.2) is 17.3 Å². The van der Waals surface area contributed by atoms with Crippen molar-refractivity contribution in [3.8, 4) is 11.5 Å². The lowest BCUT2D eigenvalue weighted by molar-refractivity contribution is -0.137. The van der Waals surface area contributed by atoms with Gasteiger partial charge in [-0.3, -0.25) is 4.79 Å². The average Bonchev–Trinajstić information content (AvgIpc) is 2.88. The summed E-state index contributed by atoms with van der Waals surface area (Å²) in [6.45, 7) is 1.27. The Morgan fingerprint density at radius 3 is 2.43 bits per heavy atom. The first-order valence-electron chi connectivity index (χ1n) is 11.4. The van der Waals surface area contributed by atoms with Crippen LogP contribution in [0.5, 0.6) is 11.5 Å². The van der Waals surface area contributed by atoms with Crippen molar-refractivity contribution in [3.05, 3.63) is 47.3 Å². The average molecular weight is 523 g/mol. The Balaban J connectivity index is 1.45. The van der Waals surface area contributed by atoms with Crippen LogP contribution in [0, 0.1) is 5.82 Å². The van der Waals surface area contributed by atoms with Crippen molar-refractivity contribution in [2.24, 2.45) is 5.73 Å². The molecule has 1 aromatic heterocycles. The first-order valence-corrected chi connectivity index (χ1v) is 11.4. The van der Waals surface area contributed by atoms with Gasteiger partial charge in [0.2, 0.25) is 11.9 Å². The number of nitrogen functional groups attached to an aromatic ring is 1. The van der Waals surface area contributed by atoms with Crippen LogP contribution in [0.4, 0.5) is 29.3 Å². The molecule has 4 N–H and O–H groups in total. The Hall–Kier alpha value is -3.87. The highest BCUT2D eigenvalue weighted by Crippen LogP contribution is 2.37. The summed E-state index contributed by atoms with van der Waals surface area (Å²) in [5.41, 5.74) is 11.5. The Kier molecular flexibility index (Phi) is 7.25. The van der Waals surface area contributed by atoms with Crippen molar-refractivity contribution in [1.82, 2.24) is 14.9 Å². The topological polar surface area (TPSA) is 120 Å². The number of ether oxygens (including phenoxy) is 2. The molecule has 13 heteroatoms. The summed E-state index contributed by atoms with van der Waals surface area (Å²) < 4.78 is 64.3.